The third-order valence-corrected chi connectivity index (χ3v) is 3.10. The summed E-state index contributed by atoms with van der Waals surface area (Å²) in [5, 5.41) is 12.5. The number of aliphatic hydroxyl groups is 1. The second-order valence-electron chi connectivity index (χ2n) is 5.00. The maximum Gasteiger partial charge on any atom is 0.0468 e. The molecule has 0 fully saturated rings. The van der Waals surface area contributed by atoms with Crippen molar-refractivity contribution in [3.63, 3.8) is 0 Å². The zero-order valence-corrected chi connectivity index (χ0v) is 11.5. The van der Waals surface area contributed by atoms with Gasteiger partial charge in [-0.3, -0.25) is 4.98 Å². The van der Waals surface area contributed by atoms with Crippen LogP contribution in [0.5, 0.6) is 0 Å². The minimum Gasteiger partial charge on any atom is -0.396 e. The average molecular weight is 236 g/mol. The minimum absolute atomic E-state index is 0.226. The highest BCUT2D eigenvalue weighted by molar-refractivity contribution is 5.33. The monoisotopic (exact) mass is 236 g/mol. The topological polar surface area (TPSA) is 45.1 Å². The highest BCUT2D eigenvalue weighted by Gasteiger charge is 2.13. The van der Waals surface area contributed by atoms with Crippen molar-refractivity contribution in [1.82, 2.24) is 10.3 Å². The van der Waals surface area contributed by atoms with E-state index in [-0.39, 0.29) is 18.6 Å². The highest BCUT2D eigenvalue weighted by Crippen LogP contribution is 2.21. The van der Waals surface area contributed by atoms with E-state index in [2.05, 4.69) is 37.1 Å². The number of hydrogen-bond acceptors (Lipinski definition) is 3. The average Bonchev–Trinajstić information content (AvgIpc) is 2.24. The van der Waals surface area contributed by atoms with E-state index in [9.17, 15) is 0 Å². The van der Waals surface area contributed by atoms with Crippen molar-refractivity contribution in [2.24, 2.45) is 5.92 Å². The number of aromatic nitrogens is 1. The first-order chi connectivity index (χ1) is 7.95. The zero-order chi connectivity index (χ0) is 13.0. The van der Waals surface area contributed by atoms with Crippen LogP contribution in [0, 0.1) is 26.7 Å². The SMILES string of the molecule is Cc1cc(C)c(C(C)NCC(C)CO)c(C)n1. The van der Waals surface area contributed by atoms with Gasteiger partial charge in [0.25, 0.3) is 0 Å². The number of nitrogens with zero attached hydrogens (tertiary/aromatic N) is 1. The standard InChI is InChI=1S/C14H24N2O/c1-9(8-17)7-15-12(4)14-10(2)6-11(3)16-13(14)5/h6,9,12,15,17H,7-8H2,1-5H3. The predicted molar refractivity (Wildman–Crippen MR) is 71.1 cm³/mol. The Hall–Kier alpha value is -0.930. The Bertz CT molecular complexity index is 353. The van der Waals surface area contributed by atoms with Gasteiger partial charge in [-0.2, -0.15) is 0 Å². The third kappa shape index (κ3) is 3.79. The number of aliphatic hydroxyl groups excluding tert-OH is 1. The van der Waals surface area contributed by atoms with Gasteiger partial charge in [0.05, 0.1) is 0 Å². The second-order valence-corrected chi connectivity index (χ2v) is 5.00. The van der Waals surface area contributed by atoms with Crippen molar-refractivity contribution in [2.45, 2.75) is 40.7 Å². The lowest BCUT2D eigenvalue weighted by molar-refractivity contribution is 0.231. The molecule has 1 aromatic rings. The lowest BCUT2D eigenvalue weighted by Gasteiger charge is -2.20. The van der Waals surface area contributed by atoms with Gasteiger partial charge >= 0.3 is 0 Å². The molecule has 0 radical (unpaired) electrons. The van der Waals surface area contributed by atoms with E-state index in [4.69, 9.17) is 5.11 Å². The Kier molecular flexibility index (Phi) is 5.09. The van der Waals surface area contributed by atoms with E-state index in [1.165, 1.54) is 11.1 Å². The molecule has 1 aromatic heterocycles. The summed E-state index contributed by atoms with van der Waals surface area (Å²) < 4.78 is 0. The highest BCUT2D eigenvalue weighted by atomic mass is 16.3. The van der Waals surface area contributed by atoms with Gasteiger partial charge in [0, 0.05) is 30.6 Å². The van der Waals surface area contributed by atoms with E-state index in [0.717, 1.165) is 17.9 Å². The molecule has 2 atom stereocenters. The van der Waals surface area contributed by atoms with Gasteiger partial charge in [-0.25, -0.2) is 0 Å². The van der Waals surface area contributed by atoms with Crippen molar-refractivity contribution in [3.05, 3.63) is 28.6 Å². The van der Waals surface area contributed by atoms with Crippen LogP contribution in [0.1, 0.15) is 42.4 Å². The Labute approximate surface area is 104 Å². The summed E-state index contributed by atoms with van der Waals surface area (Å²) in [5.74, 6) is 0.288. The minimum atomic E-state index is 0.226. The van der Waals surface area contributed by atoms with Crippen LogP contribution >= 0.6 is 0 Å². The molecular formula is C14H24N2O. The quantitative estimate of drug-likeness (QED) is 0.824. The predicted octanol–water partition coefficient (Wildman–Crippen LogP) is 2.29. The van der Waals surface area contributed by atoms with E-state index < -0.39 is 0 Å². The van der Waals surface area contributed by atoms with Crippen LogP contribution in [-0.4, -0.2) is 23.2 Å². The third-order valence-electron chi connectivity index (χ3n) is 3.10. The Balaban J connectivity index is 2.78. The lowest BCUT2D eigenvalue weighted by Crippen LogP contribution is -2.27. The van der Waals surface area contributed by atoms with Gasteiger partial charge in [-0.15, -0.1) is 0 Å². The first-order valence-corrected chi connectivity index (χ1v) is 6.24. The van der Waals surface area contributed by atoms with Gasteiger partial charge < -0.3 is 10.4 Å². The molecule has 17 heavy (non-hydrogen) atoms. The fourth-order valence-electron chi connectivity index (χ4n) is 2.23. The fourth-order valence-corrected chi connectivity index (χ4v) is 2.23. The summed E-state index contributed by atoms with van der Waals surface area (Å²) in [6, 6.07) is 2.40. The molecular weight excluding hydrogens is 212 g/mol. The molecule has 0 aliphatic rings. The Morgan fingerprint density at radius 3 is 2.47 bits per heavy atom. The van der Waals surface area contributed by atoms with Crippen molar-refractivity contribution in [1.29, 1.82) is 0 Å². The van der Waals surface area contributed by atoms with Gasteiger partial charge in [-0.05, 0) is 50.8 Å². The van der Waals surface area contributed by atoms with Gasteiger partial charge in [0.1, 0.15) is 0 Å². The molecule has 3 heteroatoms. The molecule has 2 N–H and O–H groups in total. The Morgan fingerprint density at radius 2 is 1.94 bits per heavy atom. The van der Waals surface area contributed by atoms with Crippen LogP contribution < -0.4 is 5.32 Å². The molecule has 1 rings (SSSR count). The van der Waals surface area contributed by atoms with Crippen LogP contribution in [0.25, 0.3) is 0 Å². The number of aryl methyl sites for hydroxylation is 3. The zero-order valence-electron chi connectivity index (χ0n) is 11.5. The normalized spacial score (nSPS) is 14.7. The van der Waals surface area contributed by atoms with E-state index >= 15 is 0 Å². The van der Waals surface area contributed by atoms with Crippen LogP contribution in [0.2, 0.25) is 0 Å². The first-order valence-electron chi connectivity index (χ1n) is 6.24. The molecule has 0 saturated carbocycles. The summed E-state index contributed by atoms with van der Waals surface area (Å²) in [5.41, 5.74) is 4.73. The smallest absolute Gasteiger partial charge is 0.0468 e. The number of hydrogen-bond donors (Lipinski definition) is 2. The van der Waals surface area contributed by atoms with E-state index in [1.54, 1.807) is 0 Å². The largest absolute Gasteiger partial charge is 0.396 e. The molecule has 0 aliphatic heterocycles. The van der Waals surface area contributed by atoms with Gasteiger partial charge in [-0.1, -0.05) is 6.92 Å². The number of rotatable bonds is 5. The molecule has 0 aliphatic carbocycles. The number of pyridine rings is 1. The first kappa shape index (κ1) is 14.1. The second kappa shape index (κ2) is 6.12. The molecule has 0 spiro atoms. The van der Waals surface area contributed by atoms with E-state index in [0.29, 0.717) is 0 Å². The maximum atomic E-state index is 9.01. The molecule has 96 valence electrons. The van der Waals surface area contributed by atoms with Gasteiger partial charge in [0.2, 0.25) is 0 Å². The molecule has 0 saturated heterocycles. The lowest BCUT2D eigenvalue weighted by atomic mass is 10.00. The van der Waals surface area contributed by atoms with Crippen LogP contribution in [0.15, 0.2) is 6.07 Å². The fraction of sp³-hybridized carbons (Fsp3) is 0.643. The molecule has 2 unspecified atom stereocenters. The molecule has 1 heterocycles. The van der Waals surface area contributed by atoms with Crippen molar-refractivity contribution >= 4 is 0 Å². The Morgan fingerprint density at radius 1 is 1.29 bits per heavy atom. The summed E-state index contributed by atoms with van der Waals surface area (Å²) >= 11 is 0. The van der Waals surface area contributed by atoms with Crippen LogP contribution in [0.3, 0.4) is 0 Å². The molecule has 0 bridgehead atoms. The number of nitrogens with one attached hydrogen (secondary N) is 1. The molecule has 3 nitrogen and oxygen atoms in total. The van der Waals surface area contributed by atoms with Crippen molar-refractivity contribution in [2.75, 3.05) is 13.2 Å². The van der Waals surface area contributed by atoms with Crippen LogP contribution in [0.4, 0.5) is 0 Å². The summed E-state index contributed by atoms with van der Waals surface area (Å²) in [7, 11) is 0. The van der Waals surface area contributed by atoms with Crippen molar-refractivity contribution < 1.29 is 5.11 Å². The molecule has 0 amide bonds. The van der Waals surface area contributed by atoms with Crippen molar-refractivity contribution in [3.8, 4) is 0 Å². The van der Waals surface area contributed by atoms with E-state index in [1.807, 2.05) is 13.8 Å². The summed E-state index contributed by atoms with van der Waals surface area (Å²) in [4.78, 5) is 4.51. The van der Waals surface area contributed by atoms with Crippen LogP contribution in [-0.2, 0) is 0 Å². The molecule has 0 aromatic carbocycles. The summed E-state index contributed by atoms with van der Waals surface area (Å²) in [6.45, 7) is 11.4. The maximum absolute atomic E-state index is 9.01. The van der Waals surface area contributed by atoms with Gasteiger partial charge in [0.15, 0.2) is 0 Å². The summed E-state index contributed by atoms with van der Waals surface area (Å²) in [6.07, 6.45) is 0.